The normalized spacial score (nSPS) is 13.9. The van der Waals surface area contributed by atoms with Gasteiger partial charge in [0.2, 0.25) is 0 Å². The minimum atomic E-state index is -3.23. The van der Waals surface area contributed by atoms with Crippen LogP contribution in [-0.2, 0) is 35.8 Å². The first-order valence-corrected chi connectivity index (χ1v) is 29.0. The highest BCUT2D eigenvalue weighted by molar-refractivity contribution is 7.02. The summed E-state index contributed by atoms with van der Waals surface area (Å²) in [6, 6.07) is 22.3. The van der Waals surface area contributed by atoms with Crippen molar-refractivity contribution < 1.29 is 35.8 Å². The van der Waals surface area contributed by atoms with Crippen molar-refractivity contribution >= 4 is 65.1 Å². The average Bonchev–Trinajstić information content (AvgIpc) is 2.96. The van der Waals surface area contributed by atoms with Crippen LogP contribution in [0, 0.1) is 0 Å². The molecule has 0 radical (unpaired) electrons. The van der Waals surface area contributed by atoms with Gasteiger partial charge in [0.1, 0.15) is 19.3 Å². The van der Waals surface area contributed by atoms with Crippen molar-refractivity contribution in [1.82, 2.24) is 0 Å². The molecule has 0 aliphatic heterocycles. The number of rotatable bonds is 19. The first-order valence-electron chi connectivity index (χ1n) is 15.4. The Hall–Kier alpha value is -2.22. The van der Waals surface area contributed by atoms with Gasteiger partial charge in [0.25, 0.3) is 0 Å². The Morgan fingerprint density at radius 3 is 1.80 bits per heavy atom. The summed E-state index contributed by atoms with van der Waals surface area (Å²) in [6.07, 6.45) is 0.514. The SMILES string of the molecule is C=CC(=O)OCC(COC(=O)C(=C)C)O[SiH](C)CC[Si](C)(C)O[Si](O[Si](C)(C)O[Si](C)(C)C)(c1ccccc1)c1ccccc1. The molecular formula is C32H52O8Si5. The van der Waals surface area contributed by atoms with Crippen LogP contribution in [0.3, 0.4) is 0 Å². The number of carbonyl (C=O) groups is 2. The summed E-state index contributed by atoms with van der Waals surface area (Å²) >= 11 is 0. The first kappa shape index (κ1) is 39.0. The predicted molar refractivity (Wildman–Crippen MR) is 194 cm³/mol. The zero-order valence-corrected chi connectivity index (χ0v) is 33.7. The van der Waals surface area contributed by atoms with Gasteiger partial charge in [0.05, 0.1) is 0 Å². The van der Waals surface area contributed by atoms with E-state index in [1.807, 2.05) is 36.4 Å². The van der Waals surface area contributed by atoms with Gasteiger partial charge in [-0.05, 0) is 81.8 Å². The van der Waals surface area contributed by atoms with E-state index in [4.69, 9.17) is 26.2 Å². The topological polar surface area (TPSA) is 89.5 Å². The summed E-state index contributed by atoms with van der Waals surface area (Å²) in [5.41, 5.74) is 0.292. The van der Waals surface area contributed by atoms with Crippen LogP contribution in [0.1, 0.15) is 6.92 Å². The Bertz CT molecular complexity index is 1230. The van der Waals surface area contributed by atoms with Gasteiger partial charge in [-0.2, -0.15) is 0 Å². The molecule has 2 atom stereocenters. The van der Waals surface area contributed by atoms with Crippen LogP contribution >= 0.6 is 0 Å². The van der Waals surface area contributed by atoms with Crippen molar-refractivity contribution in [3.05, 3.63) is 85.5 Å². The molecule has 8 nitrogen and oxygen atoms in total. The molecule has 2 rings (SSSR count). The molecule has 2 aromatic rings. The number of carbonyl (C=O) groups excluding carboxylic acids is 2. The highest BCUT2D eigenvalue weighted by Crippen LogP contribution is 2.27. The molecule has 0 heterocycles. The Morgan fingerprint density at radius 1 is 0.822 bits per heavy atom. The lowest BCUT2D eigenvalue weighted by Gasteiger charge is -2.44. The molecule has 2 aromatic carbocycles. The fraction of sp³-hybridized carbons (Fsp3) is 0.438. The van der Waals surface area contributed by atoms with E-state index in [9.17, 15) is 9.59 Å². The molecule has 0 bridgehead atoms. The fourth-order valence-electron chi connectivity index (χ4n) is 4.88. The lowest BCUT2D eigenvalue weighted by atomic mass is 10.3. The summed E-state index contributed by atoms with van der Waals surface area (Å²) < 4.78 is 38.4. The smallest absolute Gasteiger partial charge is 0.388 e. The molecule has 13 heteroatoms. The van der Waals surface area contributed by atoms with Gasteiger partial charge in [-0.3, -0.25) is 0 Å². The maximum Gasteiger partial charge on any atom is 0.388 e. The van der Waals surface area contributed by atoms with Crippen LogP contribution < -0.4 is 10.4 Å². The van der Waals surface area contributed by atoms with Crippen molar-refractivity contribution in [2.75, 3.05) is 13.2 Å². The van der Waals surface area contributed by atoms with E-state index < -0.39 is 60.8 Å². The molecule has 2 unspecified atom stereocenters. The summed E-state index contributed by atoms with van der Waals surface area (Å²) in [5.74, 6) is -1.07. The van der Waals surface area contributed by atoms with Gasteiger partial charge in [0, 0.05) is 11.6 Å². The Labute approximate surface area is 276 Å². The van der Waals surface area contributed by atoms with E-state index in [0.29, 0.717) is 5.57 Å². The van der Waals surface area contributed by atoms with Crippen molar-refractivity contribution in [1.29, 1.82) is 0 Å². The van der Waals surface area contributed by atoms with E-state index >= 15 is 0 Å². The van der Waals surface area contributed by atoms with Gasteiger partial charge < -0.3 is 26.2 Å². The van der Waals surface area contributed by atoms with Crippen molar-refractivity contribution in [2.45, 2.75) is 77.5 Å². The molecule has 0 saturated heterocycles. The third kappa shape index (κ3) is 13.6. The van der Waals surface area contributed by atoms with Crippen molar-refractivity contribution in [2.24, 2.45) is 0 Å². The predicted octanol–water partition coefficient (Wildman–Crippen LogP) is 5.62. The van der Waals surface area contributed by atoms with Crippen molar-refractivity contribution in [3.8, 4) is 0 Å². The maximum absolute atomic E-state index is 12.0. The first-order chi connectivity index (χ1) is 20.9. The molecule has 0 N–H and O–H groups in total. The fourth-order valence-corrected chi connectivity index (χ4v) is 27.0. The minimum Gasteiger partial charge on any atom is -0.460 e. The van der Waals surface area contributed by atoms with Gasteiger partial charge in [-0.15, -0.1) is 0 Å². The van der Waals surface area contributed by atoms with Crippen LogP contribution in [0.15, 0.2) is 85.5 Å². The van der Waals surface area contributed by atoms with Crippen LogP contribution in [0.5, 0.6) is 0 Å². The van der Waals surface area contributed by atoms with E-state index in [-0.39, 0.29) is 13.2 Å². The summed E-state index contributed by atoms with van der Waals surface area (Å²) in [6.45, 7) is 26.0. The molecule has 45 heavy (non-hydrogen) atoms. The molecule has 0 saturated carbocycles. The standard InChI is InChI=1S/C32H52O8Si5/c1-12-31(33)35-25-28(26-36-32(34)27(2)3)37-41(4)23-24-43(8,9)39-45(29-19-15-13-16-20-29,30-21-17-14-18-22-30)40-44(10,11)38-42(5,6)7/h12-22,28,41H,1-2,23-26H2,3-11H3. The number of hydrogen-bond donors (Lipinski definition) is 0. The lowest BCUT2D eigenvalue weighted by molar-refractivity contribution is -0.146. The largest absolute Gasteiger partial charge is 0.460 e. The van der Waals surface area contributed by atoms with E-state index in [1.54, 1.807) is 6.92 Å². The molecule has 0 fully saturated rings. The highest BCUT2D eigenvalue weighted by atomic mass is 28.5. The molecule has 0 aliphatic carbocycles. The number of ether oxygens (including phenoxy) is 2. The maximum atomic E-state index is 12.0. The third-order valence-corrected chi connectivity index (χ3v) is 23.7. The average molecular weight is 705 g/mol. The third-order valence-electron chi connectivity index (χ3n) is 6.57. The zero-order valence-electron chi connectivity index (χ0n) is 28.5. The molecule has 0 amide bonds. The van der Waals surface area contributed by atoms with Gasteiger partial charge in [-0.1, -0.05) is 73.8 Å². The summed E-state index contributed by atoms with van der Waals surface area (Å²) in [4.78, 5) is 23.7. The second kappa shape index (κ2) is 17.1. The summed E-state index contributed by atoms with van der Waals surface area (Å²) in [5, 5.41) is 2.11. The lowest BCUT2D eigenvalue weighted by Crippen LogP contribution is -2.71. The van der Waals surface area contributed by atoms with Gasteiger partial charge in [0.15, 0.2) is 25.7 Å². The molecular weight excluding hydrogens is 653 g/mol. The van der Waals surface area contributed by atoms with E-state index in [1.165, 1.54) is 0 Å². The minimum absolute atomic E-state index is 0.0343. The van der Waals surface area contributed by atoms with Crippen molar-refractivity contribution in [3.63, 3.8) is 0 Å². The molecule has 0 spiro atoms. The number of benzene rings is 2. The number of esters is 2. The van der Waals surface area contributed by atoms with Crippen LogP contribution in [0.2, 0.25) is 64.5 Å². The molecule has 0 aliphatic rings. The monoisotopic (exact) mass is 704 g/mol. The van der Waals surface area contributed by atoms with Crippen LogP contribution in [-0.4, -0.2) is 74.1 Å². The van der Waals surface area contributed by atoms with E-state index in [2.05, 4.69) is 89.8 Å². The number of hydrogen-bond acceptors (Lipinski definition) is 8. The van der Waals surface area contributed by atoms with E-state index in [0.717, 1.165) is 28.5 Å². The van der Waals surface area contributed by atoms with Gasteiger partial charge >= 0.3 is 29.1 Å². The Morgan fingerprint density at radius 2 is 1.33 bits per heavy atom. The van der Waals surface area contributed by atoms with Crippen LogP contribution in [0.25, 0.3) is 0 Å². The molecule has 248 valence electrons. The second-order valence-corrected chi connectivity index (χ2v) is 31.6. The van der Waals surface area contributed by atoms with Crippen LogP contribution in [0.4, 0.5) is 0 Å². The second-order valence-electron chi connectivity index (χ2n) is 13.2. The highest BCUT2D eigenvalue weighted by Gasteiger charge is 2.51. The Kier molecular flexibility index (Phi) is 14.8. The Balaban J connectivity index is 2.34. The quantitative estimate of drug-likeness (QED) is 0.106. The summed E-state index contributed by atoms with van der Waals surface area (Å²) in [7, 11) is -12.0. The van der Waals surface area contributed by atoms with Gasteiger partial charge in [-0.25, -0.2) is 9.59 Å². The molecule has 0 aromatic heterocycles. The zero-order chi connectivity index (χ0) is 33.9.